The zero-order valence-corrected chi connectivity index (χ0v) is 6.36. The third-order valence-electron chi connectivity index (χ3n) is 0.116. The fourth-order valence-corrected chi connectivity index (χ4v) is 1.34. The van der Waals surface area contributed by atoms with E-state index >= 15 is 0 Å². The van der Waals surface area contributed by atoms with Crippen molar-refractivity contribution in [2.45, 2.75) is 0 Å². The molecule has 0 saturated carbocycles. The van der Waals surface area contributed by atoms with Crippen molar-refractivity contribution in [1.82, 2.24) is 0 Å². The van der Waals surface area contributed by atoms with Crippen LogP contribution in [-0.2, 0) is 10.6 Å². The van der Waals surface area contributed by atoms with Crippen molar-refractivity contribution in [3.05, 3.63) is 0 Å². The van der Waals surface area contributed by atoms with Gasteiger partial charge in [0.25, 0.3) is 0 Å². The molecule has 0 aromatic rings. The summed E-state index contributed by atoms with van der Waals surface area (Å²) in [4.78, 5) is 0. The van der Waals surface area contributed by atoms with Crippen LogP contribution in [-0.4, -0.2) is 37.4 Å². The van der Waals surface area contributed by atoms with E-state index in [4.69, 9.17) is 8.38 Å². The Kier molecular flexibility index (Phi) is 3.77. The molecule has 0 atom stereocenters. The molecule has 0 bridgehead atoms. The van der Waals surface area contributed by atoms with E-state index in [1.54, 1.807) is 0 Å². The monoisotopic (exact) mass is 242 g/mol. The molecule has 0 heterocycles. The van der Waals surface area contributed by atoms with Gasteiger partial charge in [-0.2, -0.15) is 0 Å². The summed E-state index contributed by atoms with van der Waals surface area (Å²) in [6, 6.07) is 0. The quantitative estimate of drug-likeness (QED) is 0.536. The van der Waals surface area contributed by atoms with Crippen LogP contribution in [0, 0.1) is 0 Å². The van der Waals surface area contributed by atoms with Crippen molar-refractivity contribution in [2.24, 2.45) is 0 Å². The van der Waals surface area contributed by atoms with Crippen LogP contribution in [0.5, 0.6) is 0 Å². The fraction of sp³-hybridized carbons (Fsp3) is 0. The van der Waals surface area contributed by atoms with Crippen LogP contribution >= 0.6 is 0 Å². The van der Waals surface area contributed by atoms with Crippen molar-refractivity contribution in [2.75, 3.05) is 0 Å². The molecule has 0 aromatic heterocycles. The van der Waals surface area contributed by atoms with Gasteiger partial charge in [0.15, 0.2) is 0 Å². The SMILES string of the molecule is O=[Se](O)O[Se](=O)O. The topological polar surface area (TPSA) is 83.8 Å². The van der Waals surface area contributed by atoms with E-state index in [0.29, 0.717) is 0 Å². The second-order valence-corrected chi connectivity index (χ2v) is 4.09. The van der Waals surface area contributed by atoms with Crippen LogP contribution < -0.4 is 0 Å². The van der Waals surface area contributed by atoms with Crippen LogP contribution in [0.2, 0.25) is 0 Å². The van der Waals surface area contributed by atoms with E-state index in [0.717, 1.165) is 0 Å². The molecule has 0 fully saturated rings. The van der Waals surface area contributed by atoms with Crippen LogP contribution in [0.15, 0.2) is 0 Å². The molecule has 0 aliphatic heterocycles. The van der Waals surface area contributed by atoms with Gasteiger partial charge in [0, 0.05) is 0 Å². The molecule has 0 aliphatic rings. The minimum atomic E-state index is -3.38. The Labute approximate surface area is 48.4 Å². The molecule has 0 amide bonds. The van der Waals surface area contributed by atoms with Gasteiger partial charge in [0.1, 0.15) is 0 Å². The summed E-state index contributed by atoms with van der Waals surface area (Å²) in [5.41, 5.74) is 0. The Bertz CT molecular complexity index is 82.3. The molecule has 0 spiro atoms. The molecule has 0 rings (SSSR count). The Balaban J connectivity index is 3.32. The molecule has 44 valence electrons. The average molecular weight is 240 g/mol. The molecule has 0 saturated heterocycles. The summed E-state index contributed by atoms with van der Waals surface area (Å²) in [6.07, 6.45) is 0. The van der Waals surface area contributed by atoms with Crippen molar-refractivity contribution < 1.29 is 18.9 Å². The molecule has 5 nitrogen and oxygen atoms in total. The molecule has 2 N–H and O–H groups in total. The summed E-state index contributed by atoms with van der Waals surface area (Å²) >= 11 is -6.75. The standard InChI is InChI=1S/H2O5Se2/c1-6(2)5-7(3)4/h(H,1,2)(H,3,4). The third-order valence-corrected chi connectivity index (χ3v) is 3.14. The first-order valence-electron chi connectivity index (χ1n) is 1.03. The van der Waals surface area contributed by atoms with Gasteiger partial charge < -0.3 is 0 Å². The molecule has 0 unspecified atom stereocenters. The second-order valence-electron chi connectivity index (χ2n) is 0.502. The van der Waals surface area contributed by atoms with Crippen molar-refractivity contribution in [1.29, 1.82) is 0 Å². The van der Waals surface area contributed by atoms with Gasteiger partial charge >= 0.3 is 47.9 Å². The first kappa shape index (κ1) is 7.52. The van der Waals surface area contributed by atoms with E-state index in [9.17, 15) is 7.67 Å². The fourth-order valence-electron chi connectivity index (χ4n) is 0.0498. The van der Waals surface area contributed by atoms with Crippen molar-refractivity contribution in [3.63, 3.8) is 0 Å². The average Bonchev–Trinajstić information content (AvgIpc) is 1.27. The van der Waals surface area contributed by atoms with Gasteiger partial charge in [0.05, 0.1) is 0 Å². The van der Waals surface area contributed by atoms with Gasteiger partial charge in [0.2, 0.25) is 0 Å². The normalized spacial score (nSPS) is 18.6. The Morgan fingerprint density at radius 2 is 1.43 bits per heavy atom. The number of rotatable bonds is 2. The van der Waals surface area contributed by atoms with Gasteiger partial charge in [-0.3, -0.25) is 0 Å². The van der Waals surface area contributed by atoms with Gasteiger partial charge in [-0.25, -0.2) is 0 Å². The predicted octanol–water partition coefficient (Wildman–Crippen LogP) is -2.18. The first-order valence-corrected chi connectivity index (χ1v) is 5.36. The second kappa shape index (κ2) is 3.51. The van der Waals surface area contributed by atoms with E-state index in [-0.39, 0.29) is 0 Å². The zero-order valence-electron chi connectivity index (χ0n) is 2.94. The molecule has 7 heteroatoms. The van der Waals surface area contributed by atoms with Gasteiger partial charge in [-0.05, 0) is 0 Å². The van der Waals surface area contributed by atoms with Crippen LogP contribution in [0.4, 0.5) is 0 Å². The maximum atomic E-state index is 9.47. The molecule has 7 heavy (non-hydrogen) atoms. The van der Waals surface area contributed by atoms with E-state index in [1.807, 2.05) is 0 Å². The number of hydrogen-bond acceptors (Lipinski definition) is 3. The molecular formula is H2O5Se2. The molecule has 0 radical (unpaired) electrons. The Morgan fingerprint density at radius 3 is 1.43 bits per heavy atom. The number of hydrogen-bond donors (Lipinski definition) is 2. The van der Waals surface area contributed by atoms with Gasteiger partial charge in [-0.15, -0.1) is 0 Å². The minimum absolute atomic E-state index is 3.37. The van der Waals surface area contributed by atoms with Crippen LogP contribution in [0.1, 0.15) is 0 Å². The molecular weight excluding hydrogens is 238 g/mol. The van der Waals surface area contributed by atoms with Crippen molar-refractivity contribution >= 4 is 29.0 Å². The first-order chi connectivity index (χ1) is 3.13. The van der Waals surface area contributed by atoms with Gasteiger partial charge in [-0.1, -0.05) is 0 Å². The summed E-state index contributed by atoms with van der Waals surface area (Å²) in [5.74, 6) is 0. The van der Waals surface area contributed by atoms with Crippen molar-refractivity contribution in [3.8, 4) is 0 Å². The summed E-state index contributed by atoms with van der Waals surface area (Å²) in [7, 11) is 0. The zero-order chi connectivity index (χ0) is 5.86. The molecule has 0 aliphatic carbocycles. The maximum absolute atomic E-state index is 9.47. The molecule has 0 aromatic carbocycles. The summed E-state index contributed by atoms with van der Waals surface area (Å²) < 4.78 is 37.9. The summed E-state index contributed by atoms with van der Waals surface area (Å²) in [6.45, 7) is 0. The Morgan fingerprint density at radius 1 is 1.14 bits per heavy atom. The third kappa shape index (κ3) is 6.52. The Hall–Kier alpha value is 0.519. The van der Waals surface area contributed by atoms with Crippen LogP contribution in [0.3, 0.4) is 0 Å². The van der Waals surface area contributed by atoms with E-state index in [1.165, 1.54) is 0 Å². The predicted molar refractivity (Wildman–Crippen MR) is 18.4 cm³/mol. The van der Waals surface area contributed by atoms with E-state index < -0.39 is 29.0 Å². The van der Waals surface area contributed by atoms with Crippen LogP contribution in [0.25, 0.3) is 0 Å². The summed E-state index contributed by atoms with van der Waals surface area (Å²) in [5, 5.41) is 0. The van der Waals surface area contributed by atoms with E-state index in [2.05, 4.69) is 2.90 Å².